The van der Waals surface area contributed by atoms with Gasteiger partial charge >= 0.3 is 6.03 Å². The highest BCUT2D eigenvalue weighted by Crippen LogP contribution is 2.16. The lowest BCUT2D eigenvalue weighted by atomic mass is 10.2. The Morgan fingerprint density at radius 2 is 1.70 bits per heavy atom. The molecule has 0 saturated carbocycles. The molecule has 1 aromatic carbocycles. The second kappa shape index (κ2) is 6.16. The van der Waals surface area contributed by atoms with Gasteiger partial charge in [0.05, 0.1) is 0 Å². The number of aromatic nitrogens is 1. The molecule has 0 bridgehead atoms. The highest BCUT2D eigenvalue weighted by molar-refractivity contribution is 9.10. The van der Waals surface area contributed by atoms with Gasteiger partial charge in [0.1, 0.15) is 10.3 Å². The first-order valence-corrected chi connectivity index (χ1v) is 6.44. The van der Waals surface area contributed by atoms with Gasteiger partial charge in [0.15, 0.2) is 0 Å². The van der Waals surface area contributed by atoms with E-state index in [1.807, 2.05) is 0 Å². The molecule has 102 valence electrons. The third-order valence-corrected chi connectivity index (χ3v) is 2.78. The molecule has 0 unspecified atom stereocenters. The van der Waals surface area contributed by atoms with E-state index in [9.17, 15) is 9.59 Å². The Morgan fingerprint density at radius 3 is 2.35 bits per heavy atom. The average Bonchev–Trinajstić information content (AvgIpc) is 2.38. The molecule has 0 saturated heterocycles. The van der Waals surface area contributed by atoms with Crippen molar-refractivity contribution in [2.75, 3.05) is 10.6 Å². The summed E-state index contributed by atoms with van der Waals surface area (Å²) in [6, 6.07) is 11.0. The van der Waals surface area contributed by atoms with Crippen LogP contribution in [0.3, 0.4) is 0 Å². The lowest BCUT2D eigenvalue weighted by molar-refractivity contribution is 0.102. The molecule has 3 amide bonds. The summed E-state index contributed by atoms with van der Waals surface area (Å²) >= 11 is 3.20. The maximum atomic E-state index is 12.0. The van der Waals surface area contributed by atoms with Crippen molar-refractivity contribution < 1.29 is 9.59 Å². The molecule has 0 spiro atoms. The molecular formula is C13H11BrN4O2. The zero-order chi connectivity index (χ0) is 14.5. The average molecular weight is 335 g/mol. The Hall–Kier alpha value is -2.41. The number of benzene rings is 1. The van der Waals surface area contributed by atoms with Crippen LogP contribution in [0.5, 0.6) is 0 Å². The lowest BCUT2D eigenvalue weighted by Crippen LogP contribution is -2.19. The number of hydrogen-bond donors (Lipinski definition) is 3. The summed E-state index contributed by atoms with van der Waals surface area (Å²) in [5.41, 5.74) is 6.34. The summed E-state index contributed by atoms with van der Waals surface area (Å²) in [5, 5.41) is 5.12. The van der Waals surface area contributed by atoms with Crippen LogP contribution in [0, 0.1) is 0 Å². The fourth-order valence-electron chi connectivity index (χ4n) is 1.55. The summed E-state index contributed by atoms with van der Waals surface area (Å²) in [6.07, 6.45) is 0. The summed E-state index contributed by atoms with van der Waals surface area (Å²) in [5.74, 6) is -0.345. The molecule has 1 aromatic heterocycles. The van der Waals surface area contributed by atoms with E-state index in [0.29, 0.717) is 16.0 Å². The van der Waals surface area contributed by atoms with Gasteiger partial charge in [-0.3, -0.25) is 4.79 Å². The van der Waals surface area contributed by atoms with Crippen molar-refractivity contribution in [1.82, 2.24) is 4.98 Å². The van der Waals surface area contributed by atoms with Gasteiger partial charge in [-0.25, -0.2) is 9.78 Å². The molecule has 0 aliphatic heterocycles. The van der Waals surface area contributed by atoms with Crippen molar-refractivity contribution in [2.45, 2.75) is 0 Å². The number of urea groups is 1. The Labute approximate surface area is 123 Å². The van der Waals surface area contributed by atoms with Crippen molar-refractivity contribution >= 4 is 39.2 Å². The molecule has 20 heavy (non-hydrogen) atoms. The fourth-order valence-corrected chi connectivity index (χ4v) is 1.89. The third-order valence-electron chi connectivity index (χ3n) is 2.34. The molecule has 2 aromatic rings. The fraction of sp³-hybridized carbons (Fsp3) is 0. The first-order valence-electron chi connectivity index (χ1n) is 5.65. The topological polar surface area (TPSA) is 97.1 Å². The van der Waals surface area contributed by atoms with Crippen LogP contribution in [0.4, 0.5) is 16.2 Å². The smallest absolute Gasteiger partial charge is 0.316 e. The van der Waals surface area contributed by atoms with E-state index in [0.717, 1.165) is 0 Å². The quantitative estimate of drug-likeness (QED) is 0.752. The Balaban J connectivity index is 2.13. The van der Waals surface area contributed by atoms with Gasteiger partial charge in [-0.15, -0.1) is 0 Å². The van der Waals surface area contributed by atoms with Crippen molar-refractivity contribution in [3.05, 3.63) is 52.8 Å². The van der Waals surface area contributed by atoms with E-state index in [1.165, 1.54) is 0 Å². The van der Waals surface area contributed by atoms with Crippen molar-refractivity contribution in [3.63, 3.8) is 0 Å². The minimum Gasteiger partial charge on any atom is -0.351 e. The normalized spacial score (nSPS) is 9.85. The van der Waals surface area contributed by atoms with Gasteiger partial charge in [0.2, 0.25) is 0 Å². The van der Waals surface area contributed by atoms with Gasteiger partial charge in [-0.05, 0) is 46.3 Å². The first kappa shape index (κ1) is 14.0. The Bertz CT molecular complexity index is 660. The maximum Gasteiger partial charge on any atom is 0.316 e. The standard InChI is InChI=1S/C13H11BrN4O2/c14-11-6-2-5-10(18-11)12(19)16-8-3-1-4-9(7-8)17-13(15)20/h1-7H,(H,16,19)(H3,15,17,20). The van der Waals surface area contributed by atoms with Gasteiger partial charge in [-0.2, -0.15) is 0 Å². The van der Waals surface area contributed by atoms with E-state index in [4.69, 9.17) is 5.73 Å². The molecule has 0 atom stereocenters. The minimum absolute atomic E-state index is 0.285. The van der Waals surface area contributed by atoms with Crippen molar-refractivity contribution in [2.24, 2.45) is 5.73 Å². The summed E-state index contributed by atoms with van der Waals surface area (Å²) in [4.78, 5) is 26.8. The van der Waals surface area contributed by atoms with Crippen LogP contribution < -0.4 is 16.4 Å². The van der Waals surface area contributed by atoms with Crippen LogP contribution in [-0.2, 0) is 0 Å². The highest BCUT2D eigenvalue weighted by Gasteiger charge is 2.08. The van der Waals surface area contributed by atoms with Gasteiger partial charge in [0.25, 0.3) is 5.91 Å². The number of carbonyl (C=O) groups is 2. The number of pyridine rings is 1. The molecular weight excluding hydrogens is 324 g/mol. The van der Waals surface area contributed by atoms with Crippen LogP contribution in [0.15, 0.2) is 47.1 Å². The largest absolute Gasteiger partial charge is 0.351 e. The van der Waals surface area contributed by atoms with Crippen molar-refractivity contribution in [3.8, 4) is 0 Å². The molecule has 6 nitrogen and oxygen atoms in total. The minimum atomic E-state index is -0.665. The number of rotatable bonds is 3. The first-order chi connectivity index (χ1) is 9.54. The maximum absolute atomic E-state index is 12.0. The molecule has 4 N–H and O–H groups in total. The molecule has 0 aliphatic carbocycles. The number of nitrogens with zero attached hydrogens (tertiary/aromatic N) is 1. The summed E-state index contributed by atoms with van der Waals surface area (Å²) < 4.78 is 0.578. The zero-order valence-electron chi connectivity index (χ0n) is 10.3. The van der Waals surface area contributed by atoms with Crippen LogP contribution in [-0.4, -0.2) is 16.9 Å². The summed E-state index contributed by atoms with van der Waals surface area (Å²) in [6.45, 7) is 0. The van der Waals surface area contributed by atoms with E-state index in [2.05, 4.69) is 31.5 Å². The predicted octanol–water partition coefficient (Wildman–Crippen LogP) is 2.59. The van der Waals surface area contributed by atoms with E-state index < -0.39 is 6.03 Å². The van der Waals surface area contributed by atoms with E-state index in [-0.39, 0.29) is 11.6 Å². The van der Waals surface area contributed by atoms with Crippen LogP contribution in [0.25, 0.3) is 0 Å². The Kier molecular flexibility index (Phi) is 4.31. The van der Waals surface area contributed by atoms with Crippen LogP contribution >= 0.6 is 15.9 Å². The van der Waals surface area contributed by atoms with Gasteiger partial charge in [-0.1, -0.05) is 12.1 Å². The number of anilines is 2. The van der Waals surface area contributed by atoms with Crippen LogP contribution in [0.2, 0.25) is 0 Å². The number of nitrogens with one attached hydrogen (secondary N) is 2. The number of halogens is 1. The lowest BCUT2D eigenvalue weighted by Gasteiger charge is -2.07. The second-order valence-corrected chi connectivity index (χ2v) is 4.68. The molecule has 7 heteroatoms. The molecule has 2 rings (SSSR count). The van der Waals surface area contributed by atoms with Gasteiger partial charge < -0.3 is 16.4 Å². The number of nitrogens with two attached hydrogens (primary N) is 1. The van der Waals surface area contributed by atoms with E-state index in [1.54, 1.807) is 42.5 Å². The third kappa shape index (κ3) is 3.79. The molecule has 0 radical (unpaired) electrons. The van der Waals surface area contributed by atoms with Gasteiger partial charge in [0, 0.05) is 11.4 Å². The second-order valence-electron chi connectivity index (χ2n) is 3.87. The molecule has 1 heterocycles. The predicted molar refractivity (Wildman–Crippen MR) is 79.5 cm³/mol. The van der Waals surface area contributed by atoms with E-state index >= 15 is 0 Å². The molecule has 0 fully saturated rings. The van der Waals surface area contributed by atoms with Crippen LogP contribution in [0.1, 0.15) is 10.5 Å². The number of primary amides is 1. The number of hydrogen-bond acceptors (Lipinski definition) is 3. The monoisotopic (exact) mass is 334 g/mol. The number of amides is 3. The molecule has 0 aliphatic rings. The number of carbonyl (C=O) groups excluding carboxylic acids is 2. The highest BCUT2D eigenvalue weighted by atomic mass is 79.9. The summed E-state index contributed by atoms with van der Waals surface area (Å²) in [7, 11) is 0. The SMILES string of the molecule is NC(=O)Nc1cccc(NC(=O)c2cccc(Br)n2)c1. The van der Waals surface area contributed by atoms with Crippen molar-refractivity contribution in [1.29, 1.82) is 0 Å². The zero-order valence-corrected chi connectivity index (χ0v) is 11.8. The Morgan fingerprint density at radius 1 is 1.05 bits per heavy atom.